The van der Waals surface area contributed by atoms with Gasteiger partial charge in [0.2, 0.25) is 5.95 Å². The monoisotopic (exact) mass is 393 g/mol. The van der Waals surface area contributed by atoms with Crippen molar-refractivity contribution in [3.05, 3.63) is 53.7 Å². The van der Waals surface area contributed by atoms with Gasteiger partial charge >= 0.3 is 5.97 Å². The van der Waals surface area contributed by atoms with Crippen molar-refractivity contribution in [3.8, 4) is 0 Å². The highest BCUT2D eigenvalue weighted by Crippen LogP contribution is 2.26. The third-order valence-electron chi connectivity index (χ3n) is 5.64. The molecule has 2 aromatic heterocycles. The first-order valence-electron chi connectivity index (χ1n) is 10.3. The first-order valence-corrected chi connectivity index (χ1v) is 10.3. The fraction of sp³-hybridized carbons (Fsp3) is 0.409. The molecule has 2 N–H and O–H groups in total. The number of imidazole rings is 1. The molecule has 1 aliphatic heterocycles. The van der Waals surface area contributed by atoms with Crippen molar-refractivity contribution in [2.75, 3.05) is 31.5 Å². The fourth-order valence-corrected chi connectivity index (χ4v) is 4.14. The number of nitrogens with zero attached hydrogens (tertiary/aromatic N) is 4. The van der Waals surface area contributed by atoms with Crippen molar-refractivity contribution < 1.29 is 9.90 Å². The summed E-state index contributed by atoms with van der Waals surface area (Å²) >= 11 is 0. The molecule has 1 saturated heterocycles. The lowest BCUT2D eigenvalue weighted by Crippen LogP contribution is -2.37. The predicted molar refractivity (Wildman–Crippen MR) is 114 cm³/mol. The Hall–Kier alpha value is -2.93. The Balaban J connectivity index is 1.40. The largest absolute Gasteiger partial charge is 0.478 e. The van der Waals surface area contributed by atoms with E-state index < -0.39 is 5.97 Å². The Labute approximate surface area is 170 Å². The number of hydrogen-bond acceptors (Lipinski definition) is 5. The molecule has 7 heteroatoms. The molecular weight excluding hydrogens is 366 g/mol. The normalized spacial score (nSPS) is 17.5. The smallest absolute Gasteiger partial charge is 0.337 e. The van der Waals surface area contributed by atoms with E-state index in [2.05, 4.69) is 50.5 Å². The number of hydrogen-bond donors (Lipinski definition) is 2. The van der Waals surface area contributed by atoms with Gasteiger partial charge in [-0.1, -0.05) is 30.3 Å². The Morgan fingerprint density at radius 1 is 1.31 bits per heavy atom. The molecule has 4 rings (SSSR count). The van der Waals surface area contributed by atoms with Gasteiger partial charge in [-0.15, -0.1) is 0 Å². The molecule has 0 amide bonds. The molecule has 1 unspecified atom stereocenters. The van der Waals surface area contributed by atoms with Crippen molar-refractivity contribution in [3.63, 3.8) is 0 Å². The molecule has 152 valence electrons. The van der Waals surface area contributed by atoms with Gasteiger partial charge in [-0.25, -0.2) is 14.8 Å². The molecule has 0 radical (unpaired) electrons. The van der Waals surface area contributed by atoms with E-state index >= 15 is 0 Å². The number of aromatic carboxylic acids is 1. The number of aryl methyl sites for hydroxylation is 1. The van der Waals surface area contributed by atoms with Crippen molar-refractivity contribution in [1.82, 2.24) is 19.4 Å². The molecule has 0 spiro atoms. The van der Waals surface area contributed by atoms with E-state index in [1.807, 2.05) is 11.5 Å². The van der Waals surface area contributed by atoms with Crippen molar-refractivity contribution >= 4 is 23.1 Å². The quantitative estimate of drug-likeness (QED) is 0.640. The third kappa shape index (κ3) is 4.24. The zero-order chi connectivity index (χ0) is 20.2. The minimum absolute atomic E-state index is 0.157. The van der Waals surface area contributed by atoms with Gasteiger partial charge in [-0.3, -0.25) is 4.57 Å². The van der Waals surface area contributed by atoms with E-state index in [9.17, 15) is 9.90 Å². The summed E-state index contributed by atoms with van der Waals surface area (Å²) in [6.07, 6.45) is 3.85. The van der Waals surface area contributed by atoms with Gasteiger partial charge in [-0.2, -0.15) is 0 Å². The van der Waals surface area contributed by atoms with Crippen LogP contribution in [0, 0.1) is 0 Å². The maximum atomic E-state index is 11.2. The molecule has 1 aliphatic rings. The van der Waals surface area contributed by atoms with Crippen LogP contribution in [0.3, 0.4) is 0 Å². The molecule has 3 aromatic rings. The topological polar surface area (TPSA) is 83.3 Å². The number of pyridine rings is 1. The minimum Gasteiger partial charge on any atom is -0.478 e. The van der Waals surface area contributed by atoms with Gasteiger partial charge in [0, 0.05) is 32.4 Å². The maximum absolute atomic E-state index is 11.2. The van der Waals surface area contributed by atoms with Crippen LogP contribution < -0.4 is 5.32 Å². The standard InChI is InChI=1S/C22H27N5O2/c1-2-27-20-19(13-18(14-24-20)21(28)29)25-22(27)23-10-12-26-11-6-9-17(15-26)16-7-4-3-5-8-16/h3-5,7-8,13-14,17H,2,6,9-12,15H2,1H3,(H,23,25)(H,28,29). The van der Waals surface area contributed by atoms with Crippen molar-refractivity contribution in [2.24, 2.45) is 0 Å². The minimum atomic E-state index is -0.988. The molecule has 0 aliphatic carbocycles. The Morgan fingerprint density at radius 3 is 2.90 bits per heavy atom. The fourth-order valence-electron chi connectivity index (χ4n) is 4.14. The lowest BCUT2D eigenvalue weighted by Gasteiger charge is -2.33. The average Bonchev–Trinajstić information content (AvgIpc) is 3.11. The first-order chi connectivity index (χ1) is 14.2. The summed E-state index contributed by atoms with van der Waals surface area (Å²) in [7, 11) is 0. The van der Waals surface area contributed by atoms with Crippen LogP contribution in [0.25, 0.3) is 11.2 Å². The van der Waals surface area contributed by atoms with Crippen LogP contribution in [0.15, 0.2) is 42.6 Å². The maximum Gasteiger partial charge on any atom is 0.337 e. The van der Waals surface area contributed by atoms with Gasteiger partial charge in [-0.05, 0) is 43.9 Å². The molecule has 29 heavy (non-hydrogen) atoms. The number of carboxylic acids is 1. The third-order valence-corrected chi connectivity index (χ3v) is 5.64. The lowest BCUT2D eigenvalue weighted by atomic mass is 9.91. The summed E-state index contributed by atoms with van der Waals surface area (Å²) in [4.78, 5) is 22.6. The SMILES string of the molecule is CCn1c(NCCN2CCCC(c3ccccc3)C2)nc2cc(C(=O)O)cnc21. The Kier molecular flexibility index (Phi) is 5.76. The number of benzene rings is 1. The van der Waals surface area contributed by atoms with Gasteiger partial charge in [0.25, 0.3) is 0 Å². The van der Waals surface area contributed by atoms with Crippen LogP contribution in [-0.4, -0.2) is 56.7 Å². The van der Waals surface area contributed by atoms with Crippen LogP contribution >= 0.6 is 0 Å². The van der Waals surface area contributed by atoms with E-state index in [1.54, 1.807) is 6.07 Å². The van der Waals surface area contributed by atoms with E-state index in [1.165, 1.54) is 24.6 Å². The van der Waals surface area contributed by atoms with Crippen LogP contribution in [0.4, 0.5) is 5.95 Å². The zero-order valence-corrected chi connectivity index (χ0v) is 16.7. The summed E-state index contributed by atoms with van der Waals surface area (Å²) in [6, 6.07) is 12.4. The molecule has 0 bridgehead atoms. The Bertz CT molecular complexity index is 986. The number of likely N-dealkylation sites (tertiary alicyclic amines) is 1. The molecule has 1 fully saturated rings. The number of rotatable bonds is 7. The average molecular weight is 393 g/mol. The summed E-state index contributed by atoms with van der Waals surface area (Å²) in [5.74, 6) is 0.357. The summed E-state index contributed by atoms with van der Waals surface area (Å²) in [5, 5.41) is 12.6. The van der Waals surface area contributed by atoms with Crippen LogP contribution in [0.5, 0.6) is 0 Å². The zero-order valence-electron chi connectivity index (χ0n) is 16.7. The van der Waals surface area contributed by atoms with Crippen LogP contribution in [-0.2, 0) is 6.54 Å². The number of fused-ring (bicyclic) bond motifs is 1. The second kappa shape index (κ2) is 8.61. The number of nitrogens with one attached hydrogen (secondary N) is 1. The summed E-state index contributed by atoms with van der Waals surface area (Å²) in [6.45, 7) is 6.70. The number of piperidine rings is 1. The highest BCUT2D eigenvalue weighted by atomic mass is 16.4. The highest BCUT2D eigenvalue weighted by Gasteiger charge is 2.21. The lowest BCUT2D eigenvalue weighted by molar-refractivity contribution is 0.0696. The van der Waals surface area contributed by atoms with E-state index in [-0.39, 0.29) is 5.56 Å². The second-order valence-corrected chi connectivity index (χ2v) is 7.53. The van der Waals surface area contributed by atoms with E-state index in [0.29, 0.717) is 17.1 Å². The van der Waals surface area contributed by atoms with Gasteiger partial charge in [0.1, 0.15) is 5.52 Å². The van der Waals surface area contributed by atoms with Crippen molar-refractivity contribution in [1.29, 1.82) is 0 Å². The summed E-state index contributed by atoms with van der Waals surface area (Å²) in [5.41, 5.74) is 2.90. The number of anilines is 1. The molecule has 1 aromatic carbocycles. The molecular formula is C22H27N5O2. The van der Waals surface area contributed by atoms with E-state index in [4.69, 9.17) is 0 Å². The van der Waals surface area contributed by atoms with Crippen LogP contribution in [0.2, 0.25) is 0 Å². The molecule has 7 nitrogen and oxygen atoms in total. The molecule has 1 atom stereocenters. The molecule has 3 heterocycles. The van der Waals surface area contributed by atoms with Gasteiger partial charge < -0.3 is 15.3 Å². The second-order valence-electron chi connectivity index (χ2n) is 7.53. The number of carboxylic acid groups (broad SMARTS) is 1. The first kappa shape index (κ1) is 19.4. The molecule has 0 saturated carbocycles. The number of carbonyl (C=O) groups is 1. The Morgan fingerprint density at radius 2 is 2.14 bits per heavy atom. The van der Waals surface area contributed by atoms with Crippen molar-refractivity contribution in [2.45, 2.75) is 32.2 Å². The van der Waals surface area contributed by atoms with E-state index in [0.717, 1.165) is 38.7 Å². The predicted octanol–water partition coefficient (Wildman–Crippen LogP) is 3.44. The highest BCUT2D eigenvalue weighted by molar-refractivity contribution is 5.91. The summed E-state index contributed by atoms with van der Waals surface area (Å²) < 4.78 is 1.99. The van der Waals surface area contributed by atoms with Gasteiger partial charge in [0.05, 0.1) is 5.56 Å². The number of aromatic nitrogens is 3. The van der Waals surface area contributed by atoms with Gasteiger partial charge in [0.15, 0.2) is 5.65 Å². The van der Waals surface area contributed by atoms with Crippen LogP contribution in [0.1, 0.15) is 41.6 Å².